The lowest BCUT2D eigenvalue weighted by Crippen LogP contribution is -2.51. The van der Waals surface area contributed by atoms with E-state index in [9.17, 15) is 22.4 Å². The molecule has 37 heavy (non-hydrogen) atoms. The van der Waals surface area contributed by atoms with Gasteiger partial charge in [0.25, 0.3) is 10.0 Å². The number of carbonyl (C=O) groups excluding carboxylic acids is 2. The number of benzene rings is 3. The van der Waals surface area contributed by atoms with Gasteiger partial charge in [-0.3, -0.25) is 13.9 Å². The number of hydrogen-bond donors (Lipinski definition) is 1. The van der Waals surface area contributed by atoms with Gasteiger partial charge >= 0.3 is 0 Å². The molecule has 0 aliphatic rings. The number of nitrogens with one attached hydrogen (secondary N) is 1. The number of anilines is 1. The van der Waals surface area contributed by atoms with Crippen LogP contribution in [-0.4, -0.2) is 44.3 Å². The van der Waals surface area contributed by atoms with Crippen LogP contribution in [-0.2, 0) is 26.2 Å². The van der Waals surface area contributed by atoms with Gasteiger partial charge in [-0.15, -0.1) is 0 Å². The average molecular weight is 566 g/mol. The molecule has 0 saturated heterocycles. The first-order chi connectivity index (χ1) is 17.6. The quantitative estimate of drug-likeness (QED) is 0.379. The predicted molar refractivity (Wildman–Crippen MR) is 143 cm³/mol. The zero-order valence-corrected chi connectivity index (χ0v) is 22.5. The number of amides is 2. The van der Waals surface area contributed by atoms with Crippen LogP contribution in [0.3, 0.4) is 0 Å². The van der Waals surface area contributed by atoms with Crippen LogP contribution in [0.15, 0.2) is 77.7 Å². The predicted octanol–water partition coefficient (Wildman–Crippen LogP) is 4.88. The molecule has 0 unspecified atom stereocenters. The van der Waals surface area contributed by atoms with Crippen LogP contribution in [0, 0.1) is 5.82 Å². The molecule has 11 heteroatoms. The van der Waals surface area contributed by atoms with Crippen molar-refractivity contribution in [1.82, 2.24) is 10.2 Å². The van der Waals surface area contributed by atoms with E-state index in [1.165, 1.54) is 36.1 Å². The highest BCUT2D eigenvalue weighted by atomic mass is 35.5. The van der Waals surface area contributed by atoms with E-state index in [2.05, 4.69) is 5.32 Å². The van der Waals surface area contributed by atoms with Crippen molar-refractivity contribution in [3.05, 3.63) is 94.2 Å². The molecule has 1 atom stereocenters. The minimum absolute atomic E-state index is 0.0513. The lowest BCUT2D eigenvalue weighted by molar-refractivity contribution is -0.139. The van der Waals surface area contributed by atoms with Crippen molar-refractivity contribution >= 4 is 50.7 Å². The zero-order chi connectivity index (χ0) is 27.2. The molecule has 0 aliphatic carbocycles. The Morgan fingerprint density at radius 2 is 1.54 bits per heavy atom. The second-order valence-corrected chi connectivity index (χ2v) is 10.8. The first-order valence-electron chi connectivity index (χ1n) is 11.4. The van der Waals surface area contributed by atoms with E-state index in [0.717, 1.165) is 16.4 Å². The molecular formula is C26H26Cl2FN3O4S. The summed E-state index contributed by atoms with van der Waals surface area (Å²) in [6, 6.07) is 16.2. The maximum atomic E-state index is 13.7. The highest BCUT2D eigenvalue weighted by molar-refractivity contribution is 7.92. The van der Waals surface area contributed by atoms with Crippen molar-refractivity contribution in [2.75, 3.05) is 17.4 Å². The number of halogens is 3. The lowest BCUT2D eigenvalue weighted by Gasteiger charge is -2.32. The molecule has 3 aromatic carbocycles. The molecule has 1 N–H and O–H groups in total. The van der Waals surface area contributed by atoms with E-state index in [1.807, 2.05) is 0 Å². The third-order valence-electron chi connectivity index (χ3n) is 5.63. The fourth-order valence-electron chi connectivity index (χ4n) is 3.61. The molecule has 2 amide bonds. The molecule has 0 saturated carbocycles. The van der Waals surface area contributed by atoms with Gasteiger partial charge in [0.05, 0.1) is 10.6 Å². The summed E-state index contributed by atoms with van der Waals surface area (Å²) in [4.78, 5) is 27.6. The summed E-state index contributed by atoms with van der Waals surface area (Å²) in [5, 5.41) is 3.26. The molecule has 0 radical (unpaired) electrons. The molecule has 0 heterocycles. The van der Waals surface area contributed by atoms with E-state index in [0.29, 0.717) is 22.2 Å². The van der Waals surface area contributed by atoms with Crippen LogP contribution < -0.4 is 9.62 Å². The summed E-state index contributed by atoms with van der Waals surface area (Å²) in [5.74, 6) is -1.68. The SMILES string of the molecule is CCNC(=O)[C@H](C)N(Cc1c(Cl)cccc1Cl)C(=O)CN(c1ccc(F)cc1)S(=O)(=O)c1ccccc1. The molecular weight excluding hydrogens is 540 g/mol. The Labute approximate surface area is 225 Å². The summed E-state index contributed by atoms with van der Waals surface area (Å²) in [7, 11) is -4.23. The summed E-state index contributed by atoms with van der Waals surface area (Å²) >= 11 is 12.7. The van der Waals surface area contributed by atoms with Crippen LogP contribution >= 0.6 is 23.2 Å². The zero-order valence-electron chi connectivity index (χ0n) is 20.2. The minimum Gasteiger partial charge on any atom is -0.355 e. The van der Waals surface area contributed by atoms with Crippen molar-refractivity contribution in [2.45, 2.75) is 31.3 Å². The first kappa shape index (κ1) is 28.4. The van der Waals surface area contributed by atoms with E-state index in [1.54, 1.807) is 43.3 Å². The van der Waals surface area contributed by atoms with E-state index >= 15 is 0 Å². The molecule has 0 bridgehead atoms. The van der Waals surface area contributed by atoms with E-state index in [-0.39, 0.29) is 17.1 Å². The molecule has 7 nitrogen and oxygen atoms in total. The van der Waals surface area contributed by atoms with Gasteiger partial charge in [-0.25, -0.2) is 12.8 Å². The Morgan fingerprint density at radius 1 is 0.946 bits per heavy atom. The second kappa shape index (κ2) is 12.4. The number of sulfonamides is 1. The van der Waals surface area contributed by atoms with Crippen molar-refractivity contribution in [3.63, 3.8) is 0 Å². The smallest absolute Gasteiger partial charge is 0.264 e. The third kappa shape index (κ3) is 6.80. The summed E-state index contributed by atoms with van der Waals surface area (Å²) in [5.41, 5.74) is 0.495. The Balaban J connectivity index is 2.05. The van der Waals surface area contributed by atoms with Crippen molar-refractivity contribution in [3.8, 4) is 0 Å². The molecule has 0 aromatic heterocycles. The normalized spacial score (nSPS) is 12.0. The summed E-state index contributed by atoms with van der Waals surface area (Å²) in [6.45, 7) is 2.81. The van der Waals surface area contributed by atoms with Crippen LogP contribution in [0.25, 0.3) is 0 Å². The topological polar surface area (TPSA) is 86.8 Å². The number of hydrogen-bond acceptors (Lipinski definition) is 4. The van der Waals surface area contributed by atoms with Gasteiger partial charge in [-0.1, -0.05) is 47.5 Å². The van der Waals surface area contributed by atoms with E-state index in [4.69, 9.17) is 23.2 Å². The number of rotatable bonds is 10. The van der Waals surface area contributed by atoms with Crippen LogP contribution in [0.1, 0.15) is 19.4 Å². The second-order valence-electron chi connectivity index (χ2n) is 8.09. The van der Waals surface area contributed by atoms with Gasteiger partial charge in [-0.05, 0) is 62.4 Å². The maximum absolute atomic E-state index is 13.7. The maximum Gasteiger partial charge on any atom is 0.264 e. The molecule has 196 valence electrons. The Morgan fingerprint density at radius 3 is 2.11 bits per heavy atom. The molecule has 3 rings (SSSR count). The number of likely N-dealkylation sites (N-methyl/N-ethyl adjacent to an activating group) is 1. The molecule has 0 spiro atoms. The minimum atomic E-state index is -4.23. The van der Waals surface area contributed by atoms with Gasteiger partial charge in [0.15, 0.2) is 0 Å². The third-order valence-corrected chi connectivity index (χ3v) is 8.13. The standard InChI is InChI=1S/C26H26Cl2FN3O4S/c1-3-30-26(34)18(2)31(16-22-23(27)10-7-11-24(22)28)25(33)17-32(20-14-12-19(29)13-15-20)37(35,36)21-8-5-4-6-9-21/h4-15,18H,3,16-17H2,1-2H3,(H,30,34)/t18-/m0/s1. The van der Waals surface area contributed by atoms with Gasteiger partial charge in [0.1, 0.15) is 18.4 Å². The molecule has 0 fully saturated rings. The lowest BCUT2D eigenvalue weighted by atomic mass is 10.1. The van der Waals surface area contributed by atoms with Crippen molar-refractivity contribution < 1.29 is 22.4 Å². The van der Waals surface area contributed by atoms with Gasteiger partial charge in [-0.2, -0.15) is 0 Å². The summed E-state index contributed by atoms with van der Waals surface area (Å²) in [6.07, 6.45) is 0. The van der Waals surface area contributed by atoms with Gasteiger partial charge < -0.3 is 10.2 Å². The number of carbonyl (C=O) groups is 2. The van der Waals surface area contributed by atoms with Crippen molar-refractivity contribution in [2.24, 2.45) is 0 Å². The average Bonchev–Trinajstić information content (AvgIpc) is 2.88. The summed E-state index contributed by atoms with van der Waals surface area (Å²) < 4.78 is 41.7. The fraction of sp³-hybridized carbons (Fsp3) is 0.231. The van der Waals surface area contributed by atoms with Crippen molar-refractivity contribution in [1.29, 1.82) is 0 Å². The monoisotopic (exact) mass is 565 g/mol. The molecule has 3 aromatic rings. The largest absolute Gasteiger partial charge is 0.355 e. The Bertz CT molecular complexity index is 1340. The number of nitrogens with zero attached hydrogens (tertiary/aromatic N) is 2. The van der Waals surface area contributed by atoms with Gasteiger partial charge in [0, 0.05) is 28.7 Å². The van der Waals surface area contributed by atoms with Gasteiger partial charge in [0.2, 0.25) is 11.8 Å². The highest BCUT2D eigenvalue weighted by Crippen LogP contribution is 2.28. The first-order valence-corrected chi connectivity index (χ1v) is 13.6. The fourth-order valence-corrected chi connectivity index (χ4v) is 5.57. The van der Waals surface area contributed by atoms with Crippen LogP contribution in [0.4, 0.5) is 10.1 Å². The molecule has 0 aliphatic heterocycles. The van der Waals surface area contributed by atoms with E-state index < -0.39 is 40.2 Å². The van der Waals surface area contributed by atoms with Crippen LogP contribution in [0.2, 0.25) is 10.0 Å². The van der Waals surface area contributed by atoms with Crippen LogP contribution in [0.5, 0.6) is 0 Å². The Hall–Kier alpha value is -3.14. The highest BCUT2D eigenvalue weighted by Gasteiger charge is 2.33. The Kier molecular flexibility index (Phi) is 9.53.